The predicted octanol–water partition coefficient (Wildman–Crippen LogP) is 2.02. The third-order valence-corrected chi connectivity index (χ3v) is 4.36. The number of hydrogen-bond acceptors (Lipinski definition) is 3. The Hall–Kier alpha value is -1.81. The monoisotopic (exact) mass is 295 g/mol. The van der Waals surface area contributed by atoms with E-state index in [1.807, 2.05) is 6.07 Å². The quantitative estimate of drug-likeness (QED) is 0.905. The average Bonchev–Trinajstić information content (AvgIpc) is 2.90. The standard InChI is InChI=1S/C12H10ClN3O2S/c13-11-2-1-9(6-14)5-12(11)19(17,18)16-8-10-3-4-15-7-10/h1-5,7,15-16H,8H2. The van der Waals surface area contributed by atoms with Gasteiger partial charge in [-0.1, -0.05) is 11.6 Å². The van der Waals surface area contributed by atoms with E-state index in [0.29, 0.717) is 0 Å². The number of H-pyrrole nitrogens is 1. The van der Waals surface area contributed by atoms with Gasteiger partial charge in [-0.25, -0.2) is 13.1 Å². The fourth-order valence-electron chi connectivity index (χ4n) is 1.50. The molecule has 0 saturated carbocycles. The van der Waals surface area contributed by atoms with Crippen molar-refractivity contribution in [2.75, 3.05) is 0 Å². The van der Waals surface area contributed by atoms with Crippen molar-refractivity contribution in [2.24, 2.45) is 0 Å². The van der Waals surface area contributed by atoms with Crippen molar-refractivity contribution in [1.82, 2.24) is 9.71 Å². The zero-order chi connectivity index (χ0) is 13.9. The first-order chi connectivity index (χ1) is 9.03. The minimum Gasteiger partial charge on any atom is -0.367 e. The number of aromatic amines is 1. The third kappa shape index (κ3) is 3.15. The molecule has 0 spiro atoms. The van der Waals surface area contributed by atoms with Crippen molar-refractivity contribution in [2.45, 2.75) is 11.4 Å². The minimum absolute atomic E-state index is 0.0839. The molecule has 0 aliphatic heterocycles. The Morgan fingerprint density at radius 2 is 2.16 bits per heavy atom. The Morgan fingerprint density at radius 1 is 1.37 bits per heavy atom. The summed E-state index contributed by atoms with van der Waals surface area (Å²) in [5, 5.41) is 8.87. The van der Waals surface area contributed by atoms with E-state index in [9.17, 15) is 8.42 Å². The molecule has 0 aliphatic carbocycles. The van der Waals surface area contributed by atoms with Gasteiger partial charge in [-0.15, -0.1) is 0 Å². The second-order valence-corrected chi connectivity index (χ2v) is 5.94. The van der Waals surface area contributed by atoms with Crippen LogP contribution in [0.4, 0.5) is 0 Å². The lowest BCUT2D eigenvalue weighted by atomic mass is 10.2. The van der Waals surface area contributed by atoms with Crippen LogP contribution >= 0.6 is 11.6 Å². The van der Waals surface area contributed by atoms with Crippen molar-refractivity contribution < 1.29 is 8.42 Å². The van der Waals surface area contributed by atoms with Crippen LogP contribution in [0.25, 0.3) is 0 Å². The molecule has 0 unspecified atom stereocenters. The van der Waals surface area contributed by atoms with Crippen molar-refractivity contribution in [3.05, 3.63) is 52.8 Å². The van der Waals surface area contributed by atoms with E-state index in [1.165, 1.54) is 18.2 Å². The molecule has 1 heterocycles. The molecule has 0 radical (unpaired) electrons. The van der Waals surface area contributed by atoms with Crippen LogP contribution in [0, 0.1) is 11.3 Å². The highest BCUT2D eigenvalue weighted by atomic mass is 35.5. The Morgan fingerprint density at radius 3 is 2.79 bits per heavy atom. The summed E-state index contributed by atoms with van der Waals surface area (Å²) in [7, 11) is -3.75. The molecule has 0 fully saturated rings. The summed E-state index contributed by atoms with van der Waals surface area (Å²) in [6, 6.07) is 7.75. The smallest absolute Gasteiger partial charge is 0.242 e. The average molecular weight is 296 g/mol. The number of nitrogens with one attached hydrogen (secondary N) is 2. The molecule has 2 aromatic rings. The molecule has 1 aromatic heterocycles. The summed E-state index contributed by atoms with van der Waals surface area (Å²) in [6.07, 6.45) is 3.39. The van der Waals surface area contributed by atoms with E-state index in [4.69, 9.17) is 16.9 Å². The largest absolute Gasteiger partial charge is 0.367 e. The molecule has 0 bridgehead atoms. The fraction of sp³-hybridized carbons (Fsp3) is 0.0833. The van der Waals surface area contributed by atoms with E-state index in [-0.39, 0.29) is 22.0 Å². The van der Waals surface area contributed by atoms with Crippen LogP contribution in [0.15, 0.2) is 41.6 Å². The van der Waals surface area contributed by atoms with E-state index in [1.54, 1.807) is 18.5 Å². The first-order valence-corrected chi connectivity index (χ1v) is 7.20. The Bertz CT molecular complexity index is 718. The summed E-state index contributed by atoms with van der Waals surface area (Å²) in [6.45, 7) is 0.152. The highest BCUT2D eigenvalue weighted by molar-refractivity contribution is 7.89. The Labute approximate surface area is 115 Å². The summed E-state index contributed by atoms with van der Waals surface area (Å²) >= 11 is 5.86. The summed E-state index contributed by atoms with van der Waals surface area (Å²) in [5.41, 5.74) is 1.04. The highest BCUT2D eigenvalue weighted by Crippen LogP contribution is 2.22. The van der Waals surface area contributed by atoms with Gasteiger partial charge in [0.1, 0.15) is 4.90 Å². The fourth-order valence-corrected chi connectivity index (χ4v) is 3.04. The number of aromatic nitrogens is 1. The molecule has 19 heavy (non-hydrogen) atoms. The van der Waals surface area contributed by atoms with Crippen LogP contribution < -0.4 is 4.72 Å². The maximum absolute atomic E-state index is 12.1. The molecule has 0 amide bonds. The number of sulfonamides is 1. The summed E-state index contributed by atoms with van der Waals surface area (Å²) < 4.78 is 26.6. The molecule has 2 N–H and O–H groups in total. The topological polar surface area (TPSA) is 85.8 Å². The number of nitriles is 1. The first-order valence-electron chi connectivity index (χ1n) is 5.34. The zero-order valence-corrected chi connectivity index (χ0v) is 11.3. The van der Waals surface area contributed by atoms with Gasteiger partial charge >= 0.3 is 0 Å². The van der Waals surface area contributed by atoms with Gasteiger partial charge in [0.2, 0.25) is 10.0 Å². The summed E-state index contributed by atoms with van der Waals surface area (Å²) in [5.74, 6) is 0. The van der Waals surface area contributed by atoms with Crippen LogP contribution in [-0.4, -0.2) is 13.4 Å². The minimum atomic E-state index is -3.75. The van der Waals surface area contributed by atoms with E-state index in [2.05, 4.69) is 9.71 Å². The number of halogens is 1. The third-order valence-electron chi connectivity index (χ3n) is 2.48. The van der Waals surface area contributed by atoms with Crippen molar-refractivity contribution in [1.29, 1.82) is 5.26 Å². The number of benzene rings is 1. The van der Waals surface area contributed by atoms with Crippen molar-refractivity contribution in [3.8, 4) is 6.07 Å². The Balaban J connectivity index is 2.27. The van der Waals surface area contributed by atoms with E-state index < -0.39 is 10.0 Å². The SMILES string of the molecule is N#Cc1ccc(Cl)c(S(=O)(=O)NCc2cc[nH]c2)c1. The Kier molecular flexibility index (Phi) is 3.90. The lowest BCUT2D eigenvalue weighted by molar-refractivity contribution is 0.581. The molecule has 2 rings (SSSR count). The molecular formula is C12H10ClN3O2S. The lowest BCUT2D eigenvalue weighted by Gasteiger charge is -2.07. The summed E-state index contributed by atoms with van der Waals surface area (Å²) in [4.78, 5) is 2.74. The normalized spacial score (nSPS) is 11.2. The van der Waals surface area contributed by atoms with Crippen LogP contribution in [0.5, 0.6) is 0 Å². The van der Waals surface area contributed by atoms with Crippen LogP contribution in [0.3, 0.4) is 0 Å². The van der Waals surface area contributed by atoms with E-state index in [0.717, 1.165) is 5.56 Å². The number of rotatable bonds is 4. The second kappa shape index (κ2) is 5.45. The molecular weight excluding hydrogens is 286 g/mol. The number of hydrogen-bond donors (Lipinski definition) is 2. The number of nitrogens with zero attached hydrogens (tertiary/aromatic N) is 1. The second-order valence-electron chi connectivity index (χ2n) is 3.80. The van der Waals surface area contributed by atoms with Gasteiger partial charge in [0.05, 0.1) is 16.7 Å². The molecule has 0 atom stereocenters. The van der Waals surface area contributed by atoms with Gasteiger partial charge < -0.3 is 4.98 Å². The molecule has 5 nitrogen and oxygen atoms in total. The van der Waals surface area contributed by atoms with Crippen molar-refractivity contribution in [3.63, 3.8) is 0 Å². The van der Waals surface area contributed by atoms with Crippen LogP contribution in [0.1, 0.15) is 11.1 Å². The highest BCUT2D eigenvalue weighted by Gasteiger charge is 2.18. The van der Waals surface area contributed by atoms with Crippen LogP contribution in [-0.2, 0) is 16.6 Å². The maximum atomic E-state index is 12.1. The molecule has 98 valence electrons. The predicted molar refractivity (Wildman–Crippen MR) is 71.0 cm³/mol. The van der Waals surface area contributed by atoms with Gasteiger partial charge in [-0.2, -0.15) is 5.26 Å². The molecule has 0 saturated heterocycles. The van der Waals surface area contributed by atoms with Crippen LogP contribution in [0.2, 0.25) is 5.02 Å². The van der Waals surface area contributed by atoms with E-state index >= 15 is 0 Å². The zero-order valence-electron chi connectivity index (χ0n) is 9.72. The van der Waals surface area contributed by atoms with Gasteiger partial charge in [0, 0.05) is 18.9 Å². The lowest BCUT2D eigenvalue weighted by Crippen LogP contribution is -2.23. The molecule has 7 heteroatoms. The molecule has 1 aromatic carbocycles. The first kappa shape index (κ1) is 13.6. The van der Waals surface area contributed by atoms with Gasteiger partial charge in [0.25, 0.3) is 0 Å². The van der Waals surface area contributed by atoms with Gasteiger partial charge in [-0.3, -0.25) is 0 Å². The molecule has 0 aliphatic rings. The maximum Gasteiger partial charge on any atom is 0.242 e. The van der Waals surface area contributed by atoms with Gasteiger partial charge in [0.15, 0.2) is 0 Å². The van der Waals surface area contributed by atoms with Gasteiger partial charge in [-0.05, 0) is 29.8 Å². The van der Waals surface area contributed by atoms with Crippen molar-refractivity contribution >= 4 is 21.6 Å².